The van der Waals surface area contributed by atoms with E-state index in [2.05, 4.69) is 49.5 Å². The average molecular weight is 441 g/mol. The number of aromatic nitrogens is 1. The first-order valence-electron chi connectivity index (χ1n) is 11.2. The normalized spacial score (nSPS) is 14.4. The van der Waals surface area contributed by atoms with E-state index >= 15 is 0 Å². The molecule has 1 aliphatic carbocycles. The van der Waals surface area contributed by atoms with E-state index in [1.807, 2.05) is 38.1 Å². The first kappa shape index (κ1) is 27.1. The van der Waals surface area contributed by atoms with Gasteiger partial charge in [0.15, 0.2) is 0 Å². The van der Waals surface area contributed by atoms with Crippen molar-refractivity contribution >= 4 is 23.0 Å². The maximum Gasteiger partial charge on any atom is 0.214 e. The molecule has 0 bridgehead atoms. The molecule has 4 N–H and O–H groups in total. The molecule has 0 aliphatic heterocycles. The summed E-state index contributed by atoms with van der Waals surface area (Å²) in [6.45, 7) is 12.9. The number of nitrogens with two attached hydrogens (primary N) is 2. The fraction of sp³-hybridized carbons (Fsp3) is 0.500. The summed E-state index contributed by atoms with van der Waals surface area (Å²) in [5.74, 6) is 0.709. The number of hydrogen-bond acceptors (Lipinski definition) is 5. The van der Waals surface area contributed by atoms with Gasteiger partial charge in [-0.25, -0.2) is 4.98 Å². The first-order valence-corrected chi connectivity index (χ1v) is 11.2. The lowest BCUT2D eigenvalue weighted by molar-refractivity contribution is -0.106. The number of carbonyl (C=O) groups excluding carboxylic acids is 1. The van der Waals surface area contributed by atoms with Crippen LogP contribution < -0.4 is 16.2 Å². The van der Waals surface area contributed by atoms with Crippen molar-refractivity contribution < 1.29 is 9.53 Å². The van der Waals surface area contributed by atoms with Gasteiger partial charge in [-0.05, 0) is 62.3 Å². The number of fused-ring (bicyclic) bond motifs is 1. The Kier molecular flexibility index (Phi) is 10.9. The second-order valence-corrected chi connectivity index (χ2v) is 9.20. The van der Waals surface area contributed by atoms with E-state index in [9.17, 15) is 0 Å². The van der Waals surface area contributed by atoms with Crippen LogP contribution in [0.2, 0.25) is 0 Å². The molecule has 0 radical (unpaired) electrons. The third-order valence-corrected chi connectivity index (χ3v) is 4.92. The molecular weight excluding hydrogens is 400 g/mol. The standard InChI is InChI=1S/C18H21N3O.C7H16.CH3NO/c1-11(12(2)19)18(20-3)14-4-8-16-13(10-14)5-9-17(21-16)22-15-6-7-15;1-5-6-7(2,3)4;2-1-3/h4-5,8-10,15H,6-7,19H2,1-3H3;5-6H2,1-4H3;1H,(H2,2,3)/b12-11+,20-18?;;. The Hall–Kier alpha value is -2.89. The predicted octanol–water partition coefficient (Wildman–Crippen LogP) is 5.38. The molecule has 0 atom stereocenters. The number of nitrogens with zero attached hydrogens (tertiary/aromatic N) is 2. The van der Waals surface area contributed by atoms with Gasteiger partial charge < -0.3 is 16.2 Å². The molecular formula is C26H40N4O2. The number of primary amides is 1. The number of benzene rings is 1. The second-order valence-electron chi connectivity index (χ2n) is 9.20. The van der Waals surface area contributed by atoms with E-state index < -0.39 is 0 Å². The van der Waals surface area contributed by atoms with Crippen molar-refractivity contribution in [2.75, 3.05) is 7.05 Å². The summed E-state index contributed by atoms with van der Waals surface area (Å²) in [6.07, 6.45) is 5.54. The van der Waals surface area contributed by atoms with Crippen LogP contribution in [0.15, 0.2) is 46.6 Å². The number of ether oxygens (including phenoxy) is 1. The summed E-state index contributed by atoms with van der Waals surface area (Å²) in [5, 5.41) is 1.07. The van der Waals surface area contributed by atoms with Crippen LogP contribution in [0, 0.1) is 5.41 Å². The third-order valence-electron chi connectivity index (χ3n) is 4.92. The van der Waals surface area contributed by atoms with E-state index in [-0.39, 0.29) is 6.41 Å². The van der Waals surface area contributed by atoms with Crippen molar-refractivity contribution in [2.45, 2.75) is 73.3 Å². The summed E-state index contributed by atoms with van der Waals surface area (Å²) in [7, 11) is 1.79. The average Bonchev–Trinajstić information content (AvgIpc) is 3.52. The number of rotatable bonds is 5. The first-order chi connectivity index (χ1) is 15.1. The van der Waals surface area contributed by atoms with Crippen LogP contribution in [0.5, 0.6) is 5.88 Å². The van der Waals surface area contributed by atoms with Gasteiger partial charge in [0.2, 0.25) is 12.3 Å². The number of aliphatic imine (C=N–C) groups is 1. The summed E-state index contributed by atoms with van der Waals surface area (Å²) in [5.41, 5.74) is 15.3. The van der Waals surface area contributed by atoms with Gasteiger partial charge in [-0.1, -0.05) is 40.2 Å². The largest absolute Gasteiger partial charge is 0.474 e. The fourth-order valence-corrected chi connectivity index (χ4v) is 3.13. The highest BCUT2D eigenvalue weighted by Gasteiger charge is 2.24. The minimum absolute atomic E-state index is 0.250. The summed E-state index contributed by atoms with van der Waals surface area (Å²) >= 11 is 0. The smallest absolute Gasteiger partial charge is 0.214 e. The van der Waals surface area contributed by atoms with Crippen LogP contribution in [-0.4, -0.2) is 30.3 Å². The lowest BCUT2D eigenvalue weighted by atomic mass is 9.91. The molecule has 2 aromatic rings. The highest BCUT2D eigenvalue weighted by Crippen LogP contribution is 2.27. The number of carbonyl (C=O) groups is 1. The van der Waals surface area contributed by atoms with Crippen molar-refractivity contribution in [3.05, 3.63) is 47.2 Å². The van der Waals surface area contributed by atoms with Crippen molar-refractivity contribution in [3.63, 3.8) is 0 Å². The molecule has 6 nitrogen and oxygen atoms in total. The van der Waals surface area contributed by atoms with Crippen molar-refractivity contribution in [1.29, 1.82) is 0 Å². The van der Waals surface area contributed by atoms with Crippen molar-refractivity contribution in [3.8, 4) is 5.88 Å². The van der Waals surface area contributed by atoms with Gasteiger partial charge in [0.25, 0.3) is 0 Å². The molecule has 0 saturated heterocycles. The number of amides is 1. The summed E-state index contributed by atoms with van der Waals surface area (Å²) in [6, 6.07) is 10.1. The van der Waals surface area contributed by atoms with Crippen LogP contribution in [0.3, 0.4) is 0 Å². The third kappa shape index (κ3) is 9.50. The van der Waals surface area contributed by atoms with Crippen molar-refractivity contribution in [1.82, 2.24) is 4.98 Å². The van der Waals surface area contributed by atoms with Gasteiger partial charge in [-0.3, -0.25) is 9.79 Å². The molecule has 0 spiro atoms. The lowest BCUT2D eigenvalue weighted by Crippen LogP contribution is -2.08. The summed E-state index contributed by atoms with van der Waals surface area (Å²) < 4.78 is 5.74. The second kappa shape index (κ2) is 12.8. The Morgan fingerprint density at radius 3 is 2.28 bits per heavy atom. The Bertz CT molecular complexity index is 934. The molecule has 32 heavy (non-hydrogen) atoms. The molecule has 6 heteroatoms. The zero-order chi connectivity index (χ0) is 24.3. The molecule has 0 unspecified atom stereocenters. The van der Waals surface area contributed by atoms with E-state index in [0.717, 1.165) is 46.3 Å². The zero-order valence-corrected chi connectivity index (χ0v) is 20.7. The SMILES string of the molecule is CCCC(C)(C)C.CN=C(/C(C)=C(\C)N)c1ccc2nc(OC3CC3)ccc2c1.NC=O. The highest BCUT2D eigenvalue weighted by atomic mass is 16.5. The van der Waals surface area contributed by atoms with Crippen molar-refractivity contribution in [2.24, 2.45) is 21.9 Å². The van der Waals surface area contributed by atoms with E-state index in [1.54, 1.807) is 7.05 Å². The number of hydrogen-bond donors (Lipinski definition) is 2. The minimum Gasteiger partial charge on any atom is -0.474 e. The van der Waals surface area contributed by atoms with Gasteiger partial charge in [-0.2, -0.15) is 0 Å². The maximum atomic E-state index is 8.58. The van der Waals surface area contributed by atoms with Gasteiger partial charge >= 0.3 is 0 Å². The molecule has 1 fully saturated rings. The maximum absolute atomic E-state index is 8.58. The van der Waals surface area contributed by atoms with Crippen LogP contribution in [0.4, 0.5) is 0 Å². The number of allylic oxidation sites excluding steroid dienone is 2. The Morgan fingerprint density at radius 1 is 1.22 bits per heavy atom. The molecule has 1 amide bonds. The number of pyridine rings is 1. The van der Waals surface area contributed by atoms with E-state index in [1.165, 1.54) is 12.8 Å². The van der Waals surface area contributed by atoms with Gasteiger partial charge in [0.05, 0.1) is 11.2 Å². The summed E-state index contributed by atoms with van der Waals surface area (Å²) in [4.78, 5) is 17.5. The lowest BCUT2D eigenvalue weighted by Gasteiger charge is -2.15. The highest BCUT2D eigenvalue weighted by molar-refractivity contribution is 6.13. The quantitative estimate of drug-likeness (QED) is 0.481. The van der Waals surface area contributed by atoms with Crippen LogP contribution in [0.25, 0.3) is 10.9 Å². The minimum atomic E-state index is 0.250. The molecule has 3 rings (SSSR count). The molecule has 176 valence electrons. The molecule has 1 heterocycles. The fourth-order valence-electron chi connectivity index (χ4n) is 3.13. The van der Waals surface area contributed by atoms with Crippen LogP contribution >= 0.6 is 0 Å². The van der Waals surface area contributed by atoms with Crippen LogP contribution in [-0.2, 0) is 4.79 Å². The predicted molar refractivity (Wildman–Crippen MR) is 135 cm³/mol. The molecule has 1 saturated carbocycles. The van der Waals surface area contributed by atoms with Gasteiger partial charge in [0, 0.05) is 29.8 Å². The zero-order valence-electron chi connectivity index (χ0n) is 20.7. The monoisotopic (exact) mass is 440 g/mol. The van der Waals surface area contributed by atoms with Crippen LogP contribution in [0.1, 0.15) is 72.8 Å². The van der Waals surface area contributed by atoms with E-state index in [0.29, 0.717) is 17.4 Å². The molecule has 1 aromatic carbocycles. The van der Waals surface area contributed by atoms with Gasteiger partial charge in [-0.15, -0.1) is 0 Å². The van der Waals surface area contributed by atoms with Gasteiger partial charge in [0.1, 0.15) is 6.10 Å². The Balaban J connectivity index is 0.000000433. The van der Waals surface area contributed by atoms with E-state index in [4.69, 9.17) is 15.3 Å². The molecule has 1 aromatic heterocycles. The Morgan fingerprint density at radius 2 is 1.84 bits per heavy atom. The Labute approximate surface area is 193 Å². The molecule has 1 aliphatic rings. The topological polar surface area (TPSA) is 104 Å².